The first-order valence-electron chi connectivity index (χ1n) is 9.43. The Morgan fingerprint density at radius 2 is 2.08 bits per heavy atom. The second-order valence-corrected chi connectivity index (χ2v) is 7.27. The van der Waals surface area contributed by atoms with Crippen molar-refractivity contribution >= 4 is 29.9 Å². The third-order valence-corrected chi connectivity index (χ3v) is 4.93. The maximum absolute atomic E-state index is 9.47. The molecule has 5 nitrogen and oxygen atoms in total. The Hall–Kier alpha value is -1.02. The van der Waals surface area contributed by atoms with E-state index in [4.69, 9.17) is 9.41 Å². The van der Waals surface area contributed by atoms with Crippen LogP contribution in [-0.4, -0.2) is 37.3 Å². The third kappa shape index (κ3) is 8.12. The highest BCUT2D eigenvalue weighted by molar-refractivity contribution is 14.0. The van der Waals surface area contributed by atoms with Gasteiger partial charge in [0.1, 0.15) is 5.76 Å². The molecule has 148 valence electrons. The second kappa shape index (κ2) is 12.4. The summed E-state index contributed by atoms with van der Waals surface area (Å²) in [4.78, 5) is 4.84. The lowest BCUT2D eigenvalue weighted by Gasteiger charge is -2.35. The molecule has 2 rings (SSSR count). The van der Waals surface area contributed by atoms with Crippen molar-refractivity contribution in [2.75, 3.05) is 26.2 Å². The number of halogens is 1. The van der Waals surface area contributed by atoms with Crippen LogP contribution in [0, 0.1) is 5.41 Å². The van der Waals surface area contributed by atoms with E-state index in [0.717, 1.165) is 56.1 Å². The van der Waals surface area contributed by atoms with Crippen LogP contribution in [0.1, 0.15) is 51.2 Å². The van der Waals surface area contributed by atoms with Crippen molar-refractivity contribution in [1.29, 1.82) is 0 Å². The zero-order chi connectivity index (χ0) is 18.0. The topological polar surface area (TPSA) is 69.8 Å². The number of furan rings is 1. The van der Waals surface area contributed by atoms with E-state index in [1.54, 1.807) is 6.26 Å². The molecule has 0 spiro atoms. The van der Waals surface area contributed by atoms with E-state index in [0.29, 0.717) is 6.54 Å². The summed E-state index contributed by atoms with van der Waals surface area (Å²) in [6.07, 6.45) is 9.49. The van der Waals surface area contributed by atoms with Crippen molar-refractivity contribution in [1.82, 2.24) is 10.6 Å². The van der Waals surface area contributed by atoms with Gasteiger partial charge >= 0.3 is 0 Å². The van der Waals surface area contributed by atoms with Crippen molar-refractivity contribution in [3.05, 3.63) is 36.3 Å². The molecule has 1 aliphatic rings. The Balaban J connectivity index is 0.00000338. The highest BCUT2D eigenvalue weighted by Crippen LogP contribution is 2.39. The number of hydrogen-bond acceptors (Lipinski definition) is 3. The summed E-state index contributed by atoms with van der Waals surface area (Å²) in [6.45, 7) is 8.43. The minimum absolute atomic E-state index is 0. The van der Waals surface area contributed by atoms with E-state index in [1.165, 1.54) is 19.3 Å². The number of guanidine groups is 1. The quantitative estimate of drug-likeness (QED) is 0.220. The maximum atomic E-state index is 9.47. The summed E-state index contributed by atoms with van der Waals surface area (Å²) >= 11 is 0. The van der Waals surface area contributed by atoms with Crippen LogP contribution < -0.4 is 10.6 Å². The predicted molar refractivity (Wildman–Crippen MR) is 118 cm³/mol. The van der Waals surface area contributed by atoms with Crippen LogP contribution >= 0.6 is 24.0 Å². The summed E-state index contributed by atoms with van der Waals surface area (Å²) < 4.78 is 5.37. The SMILES string of the molecule is C=C(C)CNC(=NCC1(CCO)CCCCC1)NCCc1ccco1.I. The largest absolute Gasteiger partial charge is 0.469 e. The molecule has 0 amide bonds. The monoisotopic (exact) mass is 475 g/mol. The van der Waals surface area contributed by atoms with Crippen LogP contribution in [0.25, 0.3) is 0 Å². The van der Waals surface area contributed by atoms with E-state index in [9.17, 15) is 5.11 Å². The van der Waals surface area contributed by atoms with E-state index in [1.807, 2.05) is 19.1 Å². The molecule has 1 saturated carbocycles. The molecular weight excluding hydrogens is 441 g/mol. The molecule has 1 fully saturated rings. The smallest absolute Gasteiger partial charge is 0.191 e. The summed E-state index contributed by atoms with van der Waals surface area (Å²) in [5.74, 6) is 1.79. The molecule has 6 heteroatoms. The predicted octanol–water partition coefficient (Wildman–Crippen LogP) is 3.88. The summed E-state index contributed by atoms with van der Waals surface area (Å²) in [5.41, 5.74) is 1.23. The van der Waals surface area contributed by atoms with Gasteiger partial charge in [-0.25, -0.2) is 0 Å². The zero-order valence-corrected chi connectivity index (χ0v) is 18.3. The summed E-state index contributed by atoms with van der Waals surface area (Å²) in [6, 6.07) is 3.89. The summed E-state index contributed by atoms with van der Waals surface area (Å²) in [7, 11) is 0. The standard InChI is InChI=1S/C20H33N3O2.HI/c1-17(2)15-22-19(21-12-8-18-7-6-14-25-18)23-16-20(11-13-24)9-4-3-5-10-20;/h6-7,14,24H,1,3-5,8-13,15-16H2,2H3,(H2,21,22,23);1H. The Bertz CT molecular complexity index is 532. The van der Waals surface area contributed by atoms with E-state index < -0.39 is 0 Å². The van der Waals surface area contributed by atoms with E-state index in [-0.39, 0.29) is 36.0 Å². The number of aliphatic hydroxyl groups excluding tert-OH is 1. The first-order chi connectivity index (χ1) is 12.1. The van der Waals surface area contributed by atoms with Gasteiger partial charge < -0.3 is 20.2 Å². The number of aliphatic imine (C=N–C) groups is 1. The van der Waals surface area contributed by atoms with E-state index >= 15 is 0 Å². The number of nitrogens with zero attached hydrogens (tertiary/aromatic N) is 1. The zero-order valence-electron chi connectivity index (χ0n) is 15.9. The molecule has 0 bridgehead atoms. The highest BCUT2D eigenvalue weighted by atomic mass is 127. The van der Waals surface area contributed by atoms with Gasteiger partial charge in [0.25, 0.3) is 0 Å². The fourth-order valence-electron chi connectivity index (χ4n) is 3.44. The van der Waals surface area contributed by atoms with Crippen molar-refractivity contribution in [3.8, 4) is 0 Å². The molecule has 3 N–H and O–H groups in total. The minimum atomic E-state index is 0. The lowest BCUT2D eigenvalue weighted by atomic mass is 9.72. The van der Waals surface area contributed by atoms with Gasteiger partial charge in [-0.05, 0) is 43.7 Å². The van der Waals surface area contributed by atoms with Crippen LogP contribution in [0.5, 0.6) is 0 Å². The van der Waals surface area contributed by atoms with Crippen LogP contribution in [0.2, 0.25) is 0 Å². The minimum Gasteiger partial charge on any atom is -0.469 e. The lowest BCUT2D eigenvalue weighted by Crippen LogP contribution is -2.40. The van der Waals surface area contributed by atoms with Crippen LogP contribution in [-0.2, 0) is 6.42 Å². The van der Waals surface area contributed by atoms with Gasteiger partial charge in [-0.2, -0.15) is 0 Å². The van der Waals surface area contributed by atoms with Gasteiger partial charge in [0.2, 0.25) is 0 Å². The first-order valence-corrected chi connectivity index (χ1v) is 9.43. The van der Waals surface area contributed by atoms with Gasteiger partial charge in [0.15, 0.2) is 5.96 Å². The second-order valence-electron chi connectivity index (χ2n) is 7.27. The molecule has 0 saturated heterocycles. The number of nitrogens with one attached hydrogen (secondary N) is 2. The van der Waals surface area contributed by atoms with Gasteiger partial charge in [0.05, 0.1) is 6.26 Å². The maximum Gasteiger partial charge on any atom is 0.191 e. The fourth-order valence-corrected chi connectivity index (χ4v) is 3.44. The van der Waals surface area contributed by atoms with Crippen LogP contribution in [0.4, 0.5) is 0 Å². The highest BCUT2D eigenvalue weighted by Gasteiger charge is 2.31. The van der Waals surface area contributed by atoms with Crippen LogP contribution in [0.15, 0.2) is 40.0 Å². The van der Waals surface area contributed by atoms with Gasteiger partial charge in [-0.1, -0.05) is 31.4 Å². The van der Waals surface area contributed by atoms with Crippen molar-refractivity contribution in [2.24, 2.45) is 10.4 Å². The van der Waals surface area contributed by atoms with Gasteiger partial charge in [0, 0.05) is 32.7 Å². The number of aliphatic hydroxyl groups is 1. The Morgan fingerprint density at radius 3 is 2.69 bits per heavy atom. The Labute approximate surface area is 174 Å². The molecule has 1 aliphatic carbocycles. The molecule has 1 aromatic heterocycles. The average molecular weight is 475 g/mol. The first kappa shape index (κ1) is 23.0. The lowest BCUT2D eigenvalue weighted by molar-refractivity contribution is 0.137. The molecule has 0 atom stereocenters. The molecule has 0 aliphatic heterocycles. The van der Waals surface area contributed by atoms with Crippen LogP contribution in [0.3, 0.4) is 0 Å². The molecule has 26 heavy (non-hydrogen) atoms. The van der Waals surface area contributed by atoms with E-state index in [2.05, 4.69) is 17.2 Å². The number of rotatable bonds is 9. The van der Waals surface area contributed by atoms with Gasteiger partial charge in [-0.3, -0.25) is 4.99 Å². The van der Waals surface area contributed by atoms with Crippen molar-refractivity contribution < 1.29 is 9.52 Å². The Morgan fingerprint density at radius 1 is 1.31 bits per heavy atom. The van der Waals surface area contributed by atoms with Gasteiger partial charge in [-0.15, -0.1) is 24.0 Å². The van der Waals surface area contributed by atoms with Crippen molar-refractivity contribution in [3.63, 3.8) is 0 Å². The molecular formula is C20H34IN3O2. The summed E-state index contributed by atoms with van der Waals surface area (Å²) in [5, 5.41) is 16.2. The Kier molecular flexibility index (Phi) is 11.0. The number of hydrogen-bond donors (Lipinski definition) is 3. The molecule has 0 unspecified atom stereocenters. The third-order valence-electron chi connectivity index (χ3n) is 4.93. The molecule has 1 heterocycles. The van der Waals surface area contributed by atoms with Crippen molar-refractivity contribution in [2.45, 2.75) is 51.9 Å². The molecule has 0 aromatic carbocycles. The molecule has 1 aromatic rings. The average Bonchev–Trinajstić information content (AvgIpc) is 3.11. The fraction of sp³-hybridized carbons (Fsp3) is 0.650. The molecule has 0 radical (unpaired) electrons. The normalized spacial score (nSPS) is 16.6.